The Morgan fingerprint density at radius 2 is 2.23 bits per heavy atom. The summed E-state index contributed by atoms with van der Waals surface area (Å²) in [7, 11) is 1.58. The van der Waals surface area contributed by atoms with E-state index in [0.717, 1.165) is 11.4 Å². The minimum absolute atomic E-state index is 0.121. The fourth-order valence-electron chi connectivity index (χ4n) is 1.82. The van der Waals surface area contributed by atoms with E-state index in [1.165, 1.54) is 11.8 Å². The van der Waals surface area contributed by atoms with Crippen LogP contribution in [0.25, 0.3) is 0 Å². The summed E-state index contributed by atoms with van der Waals surface area (Å²) >= 11 is 1.30. The van der Waals surface area contributed by atoms with Gasteiger partial charge in [0.1, 0.15) is 11.6 Å². The molecule has 2 rings (SSSR count). The Kier molecular flexibility index (Phi) is 5.43. The van der Waals surface area contributed by atoms with Crippen molar-refractivity contribution in [1.82, 2.24) is 15.2 Å². The van der Waals surface area contributed by atoms with Gasteiger partial charge in [-0.3, -0.25) is 9.89 Å². The number of aryl methyl sites for hydroxylation is 1. The number of carbonyl (C=O) groups excluding carboxylic acids is 1. The average molecular weight is 320 g/mol. The lowest BCUT2D eigenvalue weighted by atomic mass is 10.2. The molecule has 6 nitrogen and oxygen atoms in total. The molecule has 1 aromatic carbocycles. The largest absolute Gasteiger partial charge is 0.495 e. The van der Waals surface area contributed by atoms with Gasteiger partial charge in [-0.2, -0.15) is 0 Å². The molecule has 0 spiro atoms. The summed E-state index contributed by atoms with van der Waals surface area (Å²) in [5.41, 5.74) is 1.73. The maximum atomic E-state index is 12.1. The topological polar surface area (TPSA) is 79.9 Å². The third kappa shape index (κ3) is 4.24. The van der Waals surface area contributed by atoms with E-state index in [1.54, 1.807) is 7.11 Å². The van der Waals surface area contributed by atoms with Crippen LogP contribution in [0, 0.1) is 6.92 Å². The van der Waals surface area contributed by atoms with E-state index >= 15 is 0 Å². The van der Waals surface area contributed by atoms with Crippen molar-refractivity contribution in [2.45, 2.75) is 31.8 Å². The van der Waals surface area contributed by atoms with Crippen molar-refractivity contribution in [2.24, 2.45) is 0 Å². The standard InChI is InChI=1S/C15H20N4O2S/c1-9(2)14-17-15(19-18-14)22-8-13(20)16-11-7-10(3)5-6-12(11)21-4/h5-7,9H,8H2,1-4H3,(H,16,20)(H,17,18,19). The van der Waals surface area contributed by atoms with Gasteiger partial charge in [0, 0.05) is 5.92 Å². The Morgan fingerprint density at radius 3 is 2.86 bits per heavy atom. The summed E-state index contributed by atoms with van der Waals surface area (Å²) < 4.78 is 5.24. The van der Waals surface area contributed by atoms with Crippen LogP contribution in [-0.4, -0.2) is 34.0 Å². The number of aromatic amines is 1. The number of nitrogens with zero attached hydrogens (tertiary/aromatic N) is 2. The lowest BCUT2D eigenvalue weighted by Gasteiger charge is -2.10. The van der Waals surface area contributed by atoms with Gasteiger partial charge in [-0.1, -0.05) is 31.7 Å². The van der Waals surface area contributed by atoms with Gasteiger partial charge in [-0.15, -0.1) is 5.10 Å². The predicted octanol–water partition coefficient (Wildman–Crippen LogP) is 2.98. The van der Waals surface area contributed by atoms with E-state index in [9.17, 15) is 4.79 Å². The summed E-state index contributed by atoms with van der Waals surface area (Å²) in [6.07, 6.45) is 0. The monoisotopic (exact) mass is 320 g/mol. The Labute approximate surface area is 134 Å². The quantitative estimate of drug-likeness (QED) is 0.800. The highest BCUT2D eigenvalue weighted by Gasteiger charge is 2.11. The van der Waals surface area contributed by atoms with Crippen molar-refractivity contribution < 1.29 is 9.53 Å². The third-order valence-corrected chi connectivity index (χ3v) is 3.84. The second-order valence-electron chi connectivity index (χ2n) is 5.20. The summed E-state index contributed by atoms with van der Waals surface area (Å²) in [5.74, 6) is 1.87. The van der Waals surface area contributed by atoms with E-state index in [1.807, 2.05) is 39.0 Å². The molecule has 0 fully saturated rings. The van der Waals surface area contributed by atoms with Crippen molar-refractivity contribution in [2.75, 3.05) is 18.2 Å². The van der Waals surface area contributed by atoms with Crippen molar-refractivity contribution in [3.63, 3.8) is 0 Å². The van der Waals surface area contributed by atoms with Gasteiger partial charge in [0.15, 0.2) is 0 Å². The molecule has 22 heavy (non-hydrogen) atoms. The molecule has 0 aliphatic carbocycles. The zero-order valence-electron chi connectivity index (χ0n) is 13.1. The molecule has 0 radical (unpaired) electrons. The van der Waals surface area contributed by atoms with E-state index < -0.39 is 0 Å². The van der Waals surface area contributed by atoms with Crippen LogP contribution in [0.5, 0.6) is 5.75 Å². The number of benzene rings is 1. The van der Waals surface area contributed by atoms with Crippen LogP contribution in [-0.2, 0) is 4.79 Å². The molecule has 0 unspecified atom stereocenters. The van der Waals surface area contributed by atoms with E-state index in [4.69, 9.17) is 4.74 Å². The summed E-state index contributed by atoms with van der Waals surface area (Å²) in [6.45, 7) is 6.03. The Bertz CT molecular complexity index is 655. The Hall–Kier alpha value is -2.02. The first-order chi connectivity index (χ1) is 10.5. The first kappa shape index (κ1) is 16.4. The number of ether oxygens (including phenoxy) is 1. The van der Waals surface area contributed by atoms with Gasteiger partial charge in [-0.05, 0) is 24.6 Å². The molecule has 1 aromatic heterocycles. The average Bonchev–Trinajstić information content (AvgIpc) is 2.94. The lowest BCUT2D eigenvalue weighted by Crippen LogP contribution is -2.15. The fourth-order valence-corrected chi connectivity index (χ4v) is 2.42. The molecule has 0 saturated heterocycles. The third-order valence-electron chi connectivity index (χ3n) is 2.99. The molecule has 0 aliphatic heterocycles. The molecule has 0 aliphatic rings. The van der Waals surface area contributed by atoms with Crippen LogP contribution in [0.2, 0.25) is 0 Å². The van der Waals surface area contributed by atoms with Crippen LogP contribution in [0.15, 0.2) is 23.4 Å². The maximum absolute atomic E-state index is 12.1. The predicted molar refractivity (Wildman–Crippen MR) is 87.6 cm³/mol. The molecular formula is C15H20N4O2S. The molecule has 118 valence electrons. The zero-order valence-corrected chi connectivity index (χ0v) is 14.0. The van der Waals surface area contributed by atoms with Crippen LogP contribution < -0.4 is 10.1 Å². The zero-order chi connectivity index (χ0) is 16.1. The number of hydrogen-bond donors (Lipinski definition) is 2. The highest BCUT2D eigenvalue weighted by molar-refractivity contribution is 7.99. The minimum atomic E-state index is -0.121. The van der Waals surface area contributed by atoms with Gasteiger partial charge in [0.2, 0.25) is 11.1 Å². The van der Waals surface area contributed by atoms with Crippen molar-refractivity contribution in [3.8, 4) is 5.75 Å². The van der Waals surface area contributed by atoms with Gasteiger partial charge >= 0.3 is 0 Å². The first-order valence-corrected chi connectivity index (χ1v) is 7.97. The van der Waals surface area contributed by atoms with E-state index in [0.29, 0.717) is 16.6 Å². The molecule has 0 atom stereocenters. The number of nitrogens with one attached hydrogen (secondary N) is 2. The summed E-state index contributed by atoms with van der Waals surface area (Å²) in [6, 6.07) is 5.65. The number of hydrogen-bond acceptors (Lipinski definition) is 5. The first-order valence-electron chi connectivity index (χ1n) is 6.99. The molecule has 2 aromatic rings. The lowest BCUT2D eigenvalue weighted by molar-refractivity contribution is -0.113. The van der Waals surface area contributed by atoms with Crippen molar-refractivity contribution in [3.05, 3.63) is 29.6 Å². The summed E-state index contributed by atoms with van der Waals surface area (Å²) in [4.78, 5) is 16.4. The van der Waals surface area contributed by atoms with Crippen LogP contribution in [0.1, 0.15) is 31.2 Å². The number of methoxy groups -OCH3 is 1. The van der Waals surface area contributed by atoms with E-state index in [2.05, 4.69) is 20.5 Å². The van der Waals surface area contributed by atoms with Crippen molar-refractivity contribution in [1.29, 1.82) is 0 Å². The highest BCUT2D eigenvalue weighted by Crippen LogP contribution is 2.25. The SMILES string of the molecule is COc1ccc(C)cc1NC(=O)CSc1n[nH]c(C(C)C)n1. The Balaban J connectivity index is 1.94. The van der Waals surface area contributed by atoms with Crippen LogP contribution >= 0.6 is 11.8 Å². The smallest absolute Gasteiger partial charge is 0.234 e. The molecule has 1 amide bonds. The molecule has 2 N–H and O–H groups in total. The Morgan fingerprint density at radius 1 is 1.45 bits per heavy atom. The number of aromatic nitrogens is 3. The number of amides is 1. The second-order valence-corrected chi connectivity index (χ2v) is 6.14. The number of H-pyrrole nitrogens is 1. The minimum Gasteiger partial charge on any atom is -0.495 e. The fraction of sp³-hybridized carbons (Fsp3) is 0.400. The summed E-state index contributed by atoms with van der Waals surface area (Å²) in [5, 5.41) is 10.4. The highest BCUT2D eigenvalue weighted by atomic mass is 32.2. The number of carbonyl (C=O) groups is 1. The van der Waals surface area contributed by atoms with Crippen molar-refractivity contribution >= 4 is 23.4 Å². The number of thioether (sulfide) groups is 1. The van der Waals surface area contributed by atoms with Gasteiger partial charge in [0.05, 0.1) is 18.6 Å². The second kappa shape index (κ2) is 7.31. The number of rotatable bonds is 6. The van der Waals surface area contributed by atoms with Crippen LogP contribution in [0.4, 0.5) is 5.69 Å². The molecule has 0 bridgehead atoms. The molecular weight excluding hydrogens is 300 g/mol. The molecule has 1 heterocycles. The van der Waals surface area contributed by atoms with Gasteiger partial charge in [-0.25, -0.2) is 4.98 Å². The van der Waals surface area contributed by atoms with Gasteiger partial charge in [0.25, 0.3) is 0 Å². The maximum Gasteiger partial charge on any atom is 0.234 e. The van der Waals surface area contributed by atoms with E-state index in [-0.39, 0.29) is 17.6 Å². The molecule has 7 heteroatoms. The normalized spacial score (nSPS) is 10.8. The molecule has 0 saturated carbocycles. The number of anilines is 1. The van der Waals surface area contributed by atoms with Crippen LogP contribution in [0.3, 0.4) is 0 Å². The van der Waals surface area contributed by atoms with Gasteiger partial charge < -0.3 is 10.1 Å².